The topological polar surface area (TPSA) is 12.5 Å². The second kappa shape index (κ2) is 6.65. The summed E-state index contributed by atoms with van der Waals surface area (Å²) in [5, 5.41) is 0.744. The third-order valence-corrected chi connectivity index (χ3v) is 4.02. The molecule has 0 bridgehead atoms. The summed E-state index contributed by atoms with van der Waals surface area (Å²) in [4.78, 5) is 2.31. The van der Waals surface area contributed by atoms with Crippen molar-refractivity contribution in [2.75, 3.05) is 24.6 Å². The normalized spacial score (nSPS) is 19.2. The zero-order valence-electron chi connectivity index (χ0n) is 10.7. The lowest BCUT2D eigenvalue weighted by atomic mass is 10.1. The summed E-state index contributed by atoms with van der Waals surface area (Å²) >= 11 is 12.2. The van der Waals surface area contributed by atoms with E-state index in [2.05, 4.69) is 17.9 Å². The van der Waals surface area contributed by atoms with Gasteiger partial charge in [-0.25, -0.2) is 0 Å². The van der Waals surface area contributed by atoms with Crippen molar-refractivity contribution in [2.45, 2.75) is 31.7 Å². The summed E-state index contributed by atoms with van der Waals surface area (Å²) < 4.78 is 5.70. The number of anilines is 1. The summed E-state index contributed by atoms with van der Waals surface area (Å²) in [6.07, 6.45) is 2.65. The lowest BCUT2D eigenvalue weighted by Crippen LogP contribution is -2.32. The molecule has 1 heterocycles. The maximum absolute atomic E-state index is 6.20. The first-order chi connectivity index (χ1) is 8.76. The number of likely N-dealkylation sites (N-methyl/N-ethyl adjacent to an activating group) is 1. The highest BCUT2D eigenvalue weighted by Gasteiger charge is 2.20. The highest BCUT2D eigenvalue weighted by Crippen LogP contribution is 2.30. The van der Waals surface area contributed by atoms with E-state index in [1.54, 1.807) is 0 Å². The van der Waals surface area contributed by atoms with E-state index in [0.29, 0.717) is 12.0 Å². The molecule has 1 aromatic rings. The highest BCUT2D eigenvalue weighted by molar-refractivity contribution is 6.32. The Labute approximate surface area is 119 Å². The minimum Gasteiger partial charge on any atom is -0.376 e. The third-order valence-electron chi connectivity index (χ3n) is 3.40. The van der Waals surface area contributed by atoms with Crippen LogP contribution in [0.3, 0.4) is 0 Å². The first kappa shape index (κ1) is 14.0. The van der Waals surface area contributed by atoms with Crippen LogP contribution in [0.15, 0.2) is 18.2 Å². The van der Waals surface area contributed by atoms with Crippen LogP contribution >= 0.6 is 23.2 Å². The van der Waals surface area contributed by atoms with Crippen LogP contribution in [0.2, 0.25) is 5.02 Å². The van der Waals surface area contributed by atoms with Gasteiger partial charge in [0.25, 0.3) is 0 Å². The fourth-order valence-corrected chi connectivity index (χ4v) is 2.99. The van der Waals surface area contributed by atoms with Gasteiger partial charge in [0, 0.05) is 36.0 Å². The number of alkyl halides is 1. The molecule has 0 radical (unpaired) electrons. The predicted octanol–water partition coefficient (Wildman–Crippen LogP) is 4.08. The first-order valence-electron chi connectivity index (χ1n) is 6.46. The molecule has 1 atom stereocenters. The van der Waals surface area contributed by atoms with Crippen LogP contribution in [0, 0.1) is 0 Å². The van der Waals surface area contributed by atoms with Crippen LogP contribution in [0.1, 0.15) is 25.3 Å². The van der Waals surface area contributed by atoms with E-state index in [-0.39, 0.29) is 0 Å². The Hall–Kier alpha value is -0.440. The molecule has 1 aromatic carbocycles. The maximum atomic E-state index is 6.20. The Kier molecular flexibility index (Phi) is 5.16. The van der Waals surface area contributed by atoms with Gasteiger partial charge < -0.3 is 9.64 Å². The average molecular weight is 288 g/mol. The van der Waals surface area contributed by atoms with E-state index in [0.717, 1.165) is 42.4 Å². The zero-order chi connectivity index (χ0) is 13.0. The largest absolute Gasteiger partial charge is 0.376 e. The SMILES string of the molecule is CCN(CC1CCCO1)c1cccc(Cl)c1CCl. The Morgan fingerprint density at radius 3 is 2.89 bits per heavy atom. The van der Waals surface area contributed by atoms with Gasteiger partial charge in [0.1, 0.15) is 0 Å². The van der Waals surface area contributed by atoms with Crippen molar-refractivity contribution >= 4 is 28.9 Å². The Morgan fingerprint density at radius 1 is 1.44 bits per heavy atom. The number of benzene rings is 1. The molecule has 2 rings (SSSR count). The van der Waals surface area contributed by atoms with Crippen molar-refractivity contribution in [3.8, 4) is 0 Å². The van der Waals surface area contributed by atoms with Crippen LogP contribution in [-0.2, 0) is 10.6 Å². The maximum Gasteiger partial charge on any atom is 0.0750 e. The first-order valence-corrected chi connectivity index (χ1v) is 7.37. The molecule has 0 aromatic heterocycles. The molecule has 0 amide bonds. The van der Waals surface area contributed by atoms with Gasteiger partial charge in [-0.2, -0.15) is 0 Å². The monoisotopic (exact) mass is 287 g/mol. The van der Waals surface area contributed by atoms with Crippen LogP contribution in [-0.4, -0.2) is 25.8 Å². The lowest BCUT2D eigenvalue weighted by Gasteiger charge is -2.28. The number of hydrogen-bond donors (Lipinski definition) is 0. The van der Waals surface area contributed by atoms with Gasteiger partial charge in [0.05, 0.1) is 12.0 Å². The lowest BCUT2D eigenvalue weighted by molar-refractivity contribution is 0.115. The molecule has 1 unspecified atom stereocenters. The van der Waals surface area contributed by atoms with E-state index >= 15 is 0 Å². The molecule has 0 saturated carbocycles. The van der Waals surface area contributed by atoms with Crippen LogP contribution in [0.5, 0.6) is 0 Å². The van der Waals surface area contributed by atoms with Crippen molar-refractivity contribution in [3.05, 3.63) is 28.8 Å². The zero-order valence-corrected chi connectivity index (χ0v) is 12.2. The van der Waals surface area contributed by atoms with Gasteiger partial charge in [-0.15, -0.1) is 11.6 Å². The summed E-state index contributed by atoms with van der Waals surface area (Å²) in [6.45, 7) is 4.89. The van der Waals surface area contributed by atoms with Crippen LogP contribution in [0.25, 0.3) is 0 Å². The minimum atomic E-state index is 0.340. The number of hydrogen-bond acceptors (Lipinski definition) is 2. The molecular formula is C14H19Cl2NO. The third kappa shape index (κ3) is 3.11. The summed E-state index contributed by atoms with van der Waals surface area (Å²) in [5.74, 6) is 0.441. The smallest absolute Gasteiger partial charge is 0.0750 e. The fourth-order valence-electron chi connectivity index (χ4n) is 2.41. The van der Waals surface area contributed by atoms with Crippen molar-refractivity contribution in [1.29, 1.82) is 0 Å². The quantitative estimate of drug-likeness (QED) is 0.757. The second-order valence-corrected chi connectivity index (χ2v) is 5.22. The fraction of sp³-hybridized carbons (Fsp3) is 0.571. The molecule has 1 fully saturated rings. The van der Waals surface area contributed by atoms with Crippen molar-refractivity contribution in [3.63, 3.8) is 0 Å². The summed E-state index contributed by atoms with van der Waals surface area (Å²) in [5.41, 5.74) is 2.15. The molecule has 2 nitrogen and oxygen atoms in total. The Morgan fingerprint density at radius 2 is 2.28 bits per heavy atom. The molecule has 100 valence electrons. The predicted molar refractivity (Wildman–Crippen MR) is 77.9 cm³/mol. The van der Waals surface area contributed by atoms with E-state index in [9.17, 15) is 0 Å². The number of rotatable bonds is 5. The molecule has 0 N–H and O–H groups in total. The highest BCUT2D eigenvalue weighted by atomic mass is 35.5. The van der Waals surface area contributed by atoms with E-state index in [1.807, 2.05) is 12.1 Å². The molecular weight excluding hydrogens is 269 g/mol. The van der Waals surface area contributed by atoms with Crippen LogP contribution < -0.4 is 4.90 Å². The Balaban J connectivity index is 2.18. The molecule has 18 heavy (non-hydrogen) atoms. The average Bonchev–Trinajstić information content (AvgIpc) is 2.88. The molecule has 1 saturated heterocycles. The summed E-state index contributed by atoms with van der Waals surface area (Å²) in [7, 11) is 0. The molecule has 4 heteroatoms. The van der Waals surface area contributed by atoms with E-state index in [1.165, 1.54) is 6.42 Å². The standard InChI is InChI=1S/C14H19Cl2NO/c1-2-17(10-11-5-4-8-18-11)14-7-3-6-13(16)12(14)9-15/h3,6-7,11H,2,4-5,8-10H2,1H3. The van der Waals surface area contributed by atoms with Gasteiger partial charge in [-0.1, -0.05) is 17.7 Å². The van der Waals surface area contributed by atoms with Crippen molar-refractivity contribution in [2.24, 2.45) is 0 Å². The number of halogens is 2. The Bertz CT molecular complexity index is 391. The van der Waals surface area contributed by atoms with E-state index in [4.69, 9.17) is 27.9 Å². The second-order valence-electron chi connectivity index (χ2n) is 4.54. The van der Waals surface area contributed by atoms with Gasteiger partial charge in [0.2, 0.25) is 0 Å². The van der Waals surface area contributed by atoms with Crippen molar-refractivity contribution < 1.29 is 4.74 Å². The van der Waals surface area contributed by atoms with E-state index < -0.39 is 0 Å². The number of nitrogens with zero attached hydrogens (tertiary/aromatic N) is 1. The van der Waals surface area contributed by atoms with Gasteiger partial charge in [0.15, 0.2) is 0 Å². The summed E-state index contributed by atoms with van der Waals surface area (Å²) in [6, 6.07) is 5.95. The van der Waals surface area contributed by atoms with Gasteiger partial charge >= 0.3 is 0 Å². The van der Waals surface area contributed by atoms with Crippen molar-refractivity contribution in [1.82, 2.24) is 0 Å². The van der Waals surface area contributed by atoms with Gasteiger partial charge in [-0.3, -0.25) is 0 Å². The molecule has 1 aliphatic heterocycles. The molecule has 0 aliphatic carbocycles. The number of ether oxygens (including phenoxy) is 1. The van der Waals surface area contributed by atoms with Crippen LogP contribution in [0.4, 0.5) is 5.69 Å². The molecule has 0 spiro atoms. The molecule has 1 aliphatic rings. The minimum absolute atomic E-state index is 0.340. The van der Waals surface area contributed by atoms with Gasteiger partial charge in [-0.05, 0) is 31.9 Å².